The van der Waals surface area contributed by atoms with E-state index in [-0.39, 0.29) is 45.4 Å². The highest BCUT2D eigenvalue weighted by atomic mass is 35.5. The van der Waals surface area contributed by atoms with Gasteiger partial charge in [-0.3, -0.25) is 19.8 Å². The van der Waals surface area contributed by atoms with Crippen molar-refractivity contribution in [3.63, 3.8) is 0 Å². The number of hydrogen-bond acceptors (Lipinski definition) is 13. The lowest BCUT2D eigenvalue weighted by atomic mass is 9.59. The van der Waals surface area contributed by atoms with Crippen molar-refractivity contribution in [2.75, 3.05) is 49.6 Å². The average molecular weight is 942 g/mol. The number of nitrogens with one attached hydrogen (secondary N) is 3. The highest BCUT2D eigenvalue weighted by molar-refractivity contribution is 7.90. The summed E-state index contributed by atoms with van der Waals surface area (Å²) in [6.45, 7) is 10.6. The van der Waals surface area contributed by atoms with Gasteiger partial charge in [-0.15, -0.1) is 0 Å². The number of H-pyrrole nitrogens is 1. The van der Waals surface area contributed by atoms with Crippen LogP contribution in [0.25, 0.3) is 11.0 Å². The number of aromatic nitrogens is 3. The number of pyridine rings is 2. The highest BCUT2D eigenvalue weighted by Crippen LogP contribution is 2.53. The molecule has 4 aliphatic rings. The Hall–Kier alpha value is -5.33. The number of ether oxygens (including phenoxy) is 2. The van der Waals surface area contributed by atoms with E-state index in [1.165, 1.54) is 17.2 Å². The van der Waals surface area contributed by atoms with Crippen molar-refractivity contribution < 1.29 is 32.7 Å². The Kier molecular flexibility index (Phi) is 12.8. The van der Waals surface area contributed by atoms with Gasteiger partial charge < -0.3 is 29.8 Å². The molecule has 16 nitrogen and oxygen atoms in total. The molecule has 2 aromatic carbocycles. The Morgan fingerprint density at radius 2 is 1.82 bits per heavy atom. The molecule has 2 saturated carbocycles. The number of amides is 1. The van der Waals surface area contributed by atoms with Gasteiger partial charge in [0.1, 0.15) is 16.3 Å². The number of piperidine rings is 1. The highest BCUT2D eigenvalue weighted by Gasteiger charge is 2.50. The Bertz CT molecular complexity index is 2720. The average Bonchev–Trinajstić information content (AvgIpc) is 3.74. The van der Waals surface area contributed by atoms with E-state index in [1.807, 2.05) is 0 Å². The minimum Gasteiger partial charge on any atom is -0.453 e. The van der Waals surface area contributed by atoms with Gasteiger partial charge >= 0.3 is 5.69 Å². The van der Waals surface area contributed by atoms with Crippen LogP contribution in [0.3, 0.4) is 0 Å². The number of rotatable bonds is 13. The molecule has 1 amide bonds. The van der Waals surface area contributed by atoms with Gasteiger partial charge in [0.15, 0.2) is 10.9 Å². The van der Waals surface area contributed by atoms with Crippen molar-refractivity contribution in [2.45, 2.75) is 101 Å². The van der Waals surface area contributed by atoms with E-state index in [0.717, 1.165) is 82.7 Å². The first-order valence-electron chi connectivity index (χ1n) is 22.9. The SMILES string of the molecule is CC(C)c1ccccc1[C@@H]1COCCN1C1CC2(CCN(c3ccc(C(=O)NS(=O)(=O)c4cnc(NCC5CCC(C)(O)CC5)c([N+](=O)[O-])c4)c(Oc4cc5cc[nH]c5nc4Cl)c3)CC2)C1. The molecule has 5 aromatic rings. The van der Waals surface area contributed by atoms with E-state index in [2.05, 4.69) is 72.9 Å². The summed E-state index contributed by atoms with van der Waals surface area (Å²) >= 11 is 6.58. The first kappa shape index (κ1) is 45.8. The molecular weight excluding hydrogens is 884 g/mol. The summed E-state index contributed by atoms with van der Waals surface area (Å²) in [4.78, 5) is 41.3. The first-order chi connectivity index (χ1) is 31.6. The molecular formula is C48H57ClN8O8S. The van der Waals surface area contributed by atoms with E-state index in [4.69, 9.17) is 21.1 Å². The zero-order valence-electron chi connectivity index (χ0n) is 37.5. The summed E-state index contributed by atoms with van der Waals surface area (Å²) in [5, 5.41) is 26.2. The van der Waals surface area contributed by atoms with Gasteiger partial charge in [-0.2, -0.15) is 0 Å². The van der Waals surface area contributed by atoms with Gasteiger partial charge in [0.05, 0.1) is 41.5 Å². The first-order valence-corrected chi connectivity index (χ1v) is 24.7. The predicted molar refractivity (Wildman–Crippen MR) is 252 cm³/mol. The Labute approximate surface area is 389 Å². The van der Waals surface area contributed by atoms with Crippen LogP contribution in [-0.2, 0) is 14.8 Å². The molecule has 2 aliphatic carbocycles. The summed E-state index contributed by atoms with van der Waals surface area (Å²) in [5.74, 6) is -0.312. The molecule has 4 fully saturated rings. The summed E-state index contributed by atoms with van der Waals surface area (Å²) in [6, 6.07) is 18.9. The third kappa shape index (κ3) is 9.59. The molecule has 3 aromatic heterocycles. The molecule has 18 heteroatoms. The number of fused-ring (bicyclic) bond motifs is 1. The second-order valence-electron chi connectivity index (χ2n) is 19.2. The van der Waals surface area contributed by atoms with Crippen LogP contribution in [0.1, 0.15) is 106 Å². The maximum absolute atomic E-state index is 14.0. The smallest absolute Gasteiger partial charge is 0.312 e. The minimum atomic E-state index is -4.67. The van der Waals surface area contributed by atoms with E-state index < -0.39 is 37.0 Å². The van der Waals surface area contributed by atoms with Crippen LogP contribution in [0.2, 0.25) is 5.15 Å². The fourth-order valence-electron chi connectivity index (χ4n) is 10.4. The van der Waals surface area contributed by atoms with Crippen LogP contribution in [-0.4, -0.2) is 95.2 Å². The standard InChI is InChI=1S/C48H57ClN8O8S/c1-30(2)36-6-4-5-7-37(36)40-29-64-21-20-56(40)34-25-48(26-34)15-18-55(19-16-48)33-8-9-38(41(23-33)65-42-22-32-12-17-50-44(32)53-43(42)49)46(58)54-66(62,63)35-24-39(57(60)61)45(52-28-35)51-27-31-10-13-47(3,59)14-11-31/h4-9,12,17,22-24,28,30-31,34,40,59H,10-11,13-16,18-21,25-27,29H2,1-3H3,(H,50,53)(H,51,52)(H,54,58)/t31?,40-,47?/m0/s1. The lowest BCUT2D eigenvalue weighted by Gasteiger charge is -2.57. The van der Waals surface area contributed by atoms with Gasteiger partial charge in [-0.05, 0) is 111 Å². The van der Waals surface area contributed by atoms with Crippen molar-refractivity contribution in [1.29, 1.82) is 0 Å². The second-order valence-corrected chi connectivity index (χ2v) is 21.2. The number of aromatic amines is 1. The second kappa shape index (κ2) is 18.4. The predicted octanol–water partition coefficient (Wildman–Crippen LogP) is 8.73. The Morgan fingerprint density at radius 1 is 1.06 bits per heavy atom. The van der Waals surface area contributed by atoms with Crippen LogP contribution in [0.4, 0.5) is 17.2 Å². The monoisotopic (exact) mass is 940 g/mol. The number of benzene rings is 2. The maximum atomic E-state index is 14.0. The molecule has 4 N–H and O–H groups in total. The molecule has 66 heavy (non-hydrogen) atoms. The van der Waals surface area contributed by atoms with Crippen LogP contribution >= 0.6 is 11.6 Å². The summed E-state index contributed by atoms with van der Waals surface area (Å²) < 4.78 is 41.9. The molecule has 2 aliphatic heterocycles. The summed E-state index contributed by atoms with van der Waals surface area (Å²) in [7, 11) is -4.67. The van der Waals surface area contributed by atoms with Crippen LogP contribution < -0.4 is 19.7 Å². The van der Waals surface area contributed by atoms with E-state index in [0.29, 0.717) is 49.0 Å². The van der Waals surface area contributed by atoms with Crippen molar-refractivity contribution >= 4 is 55.8 Å². The molecule has 350 valence electrons. The molecule has 2 saturated heterocycles. The molecule has 0 unspecified atom stereocenters. The number of halogens is 1. The molecule has 1 atom stereocenters. The summed E-state index contributed by atoms with van der Waals surface area (Å²) in [6.07, 6.45) is 9.61. The van der Waals surface area contributed by atoms with Crippen molar-refractivity contribution in [1.82, 2.24) is 24.6 Å². The number of sulfonamides is 1. The minimum absolute atomic E-state index is 0.0337. The van der Waals surface area contributed by atoms with E-state index in [9.17, 15) is 28.4 Å². The van der Waals surface area contributed by atoms with Gasteiger partial charge in [0.25, 0.3) is 15.9 Å². The lowest BCUT2D eigenvalue weighted by Crippen LogP contribution is -2.58. The van der Waals surface area contributed by atoms with Crippen molar-refractivity contribution in [3.05, 3.63) is 105 Å². The number of morpholine rings is 1. The third-order valence-electron chi connectivity index (χ3n) is 14.3. The topological polar surface area (TPSA) is 205 Å². The molecule has 1 spiro atoms. The quantitative estimate of drug-likeness (QED) is 0.0496. The number of nitrogens with zero attached hydrogens (tertiary/aromatic N) is 5. The van der Waals surface area contributed by atoms with Gasteiger partial charge in [-0.25, -0.2) is 23.1 Å². The van der Waals surface area contributed by atoms with Crippen molar-refractivity contribution in [3.8, 4) is 11.5 Å². The number of carbonyl (C=O) groups excluding carboxylic acids is 1. The van der Waals surface area contributed by atoms with Gasteiger partial charge in [0.2, 0.25) is 5.82 Å². The fraction of sp³-hybridized carbons (Fsp3) is 0.479. The molecule has 9 rings (SSSR count). The molecule has 0 bridgehead atoms. The summed E-state index contributed by atoms with van der Waals surface area (Å²) in [5.41, 5.74) is 2.93. The number of aliphatic hydroxyl groups is 1. The number of carbonyl (C=O) groups is 1. The van der Waals surface area contributed by atoms with Crippen LogP contribution in [0, 0.1) is 21.4 Å². The number of anilines is 2. The van der Waals surface area contributed by atoms with Crippen LogP contribution in [0.5, 0.6) is 11.5 Å². The zero-order chi connectivity index (χ0) is 46.4. The van der Waals surface area contributed by atoms with Crippen molar-refractivity contribution in [2.24, 2.45) is 11.3 Å². The van der Waals surface area contributed by atoms with E-state index in [1.54, 1.807) is 37.4 Å². The van der Waals surface area contributed by atoms with E-state index >= 15 is 0 Å². The molecule has 5 heterocycles. The van der Waals surface area contributed by atoms with Gasteiger partial charge in [0, 0.05) is 61.6 Å². The fourth-order valence-corrected chi connectivity index (χ4v) is 11.5. The maximum Gasteiger partial charge on any atom is 0.312 e. The Balaban J connectivity index is 0.910. The van der Waals surface area contributed by atoms with Gasteiger partial charge in [-0.1, -0.05) is 49.7 Å². The number of hydrogen-bond donors (Lipinski definition) is 4. The normalized spacial score (nSPS) is 22.6. The molecule has 0 radical (unpaired) electrons. The lowest BCUT2D eigenvalue weighted by molar-refractivity contribution is -0.384. The number of nitro groups is 1. The Morgan fingerprint density at radius 3 is 2.56 bits per heavy atom. The zero-order valence-corrected chi connectivity index (χ0v) is 39.0. The van der Waals surface area contributed by atoms with Crippen LogP contribution in [0.15, 0.2) is 78.0 Å². The third-order valence-corrected chi connectivity index (χ3v) is 15.9. The largest absolute Gasteiger partial charge is 0.453 e.